The van der Waals surface area contributed by atoms with Gasteiger partial charge in [-0.25, -0.2) is 0 Å². The van der Waals surface area contributed by atoms with Crippen LogP contribution in [0.2, 0.25) is 5.02 Å². The SMILES string of the molecule is COc1cc(OC)c(NC(=O)C(Sc2cccc(NC(=O)/C(=C/c3ccccc3)NC(=O)c3ccccc3)c2)c2ccccc2)cc1Cl. The first-order valence-electron chi connectivity index (χ1n) is 14.8. The fraction of sp³-hybridized carbons (Fsp3) is 0.0789. The third-order valence-electron chi connectivity index (χ3n) is 7.06. The highest BCUT2D eigenvalue weighted by molar-refractivity contribution is 8.00. The van der Waals surface area contributed by atoms with Crippen molar-refractivity contribution >= 4 is 58.5 Å². The summed E-state index contributed by atoms with van der Waals surface area (Å²) in [7, 11) is 2.99. The van der Waals surface area contributed by atoms with E-state index in [4.69, 9.17) is 21.1 Å². The van der Waals surface area contributed by atoms with Gasteiger partial charge in [0.15, 0.2) is 0 Å². The summed E-state index contributed by atoms with van der Waals surface area (Å²) in [5.74, 6) is -0.419. The molecule has 5 aromatic rings. The van der Waals surface area contributed by atoms with E-state index in [1.807, 2.05) is 72.8 Å². The Labute approximate surface area is 288 Å². The number of carbonyl (C=O) groups is 3. The van der Waals surface area contributed by atoms with Crippen LogP contribution in [-0.4, -0.2) is 31.9 Å². The van der Waals surface area contributed by atoms with Gasteiger partial charge in [0.25, 0.3) is 11.8 Å². The van der Waals surface area contributed by atoms with Crippen molar-refractivity contribution in [2.45, 2.75) is 10.1 Å². The van der Waals surface area contributed by atoms with E-state index in [1.165, 1.54) is 26.0 Å². The zero-order valence-corrected chi connectivity index (χ0v) is 27.7. The van der Waals surface area contributed by atoms with Crippen LogP contribution in [0.25, 0.3) is 6.08 Å². The summed E-state index contributed by atoms with van der Waals surface area (Å²) in [5.41, 5.74) is 2.88. The van der Waals surface area contributed by atoms with Crippen molar-refractivity contribution in [1.29, 1.82) is 0 Å². The van der Waals surface area contributed by atoms with E-state index in [-0.39, 0.29) is 11.6 Å². The number of thioether (sulfide) groups is 1. The molecule has 5 aromatic carbocycles. The van der Waals surface area contributed by atoms with E-state index < -0.39 is 17.1 Å². The van der Waals surface area contributed by atoms with Crippen LogP contribution in [0.4, 0.5) is 11.4 Å². The van der Waals surface area contributed by atoms with Crippen LogP contribution in [-0.2, 0) is 9.59 Å². The Balaban J connectivity index is 1.38. The number of hydrogen-bond acceptors (Lipinski definition) is 6. The van der Waals surface area contributed by atoms with Crippen molar-refractivity contribution in [2.75, 3.05) is 24.9 Å². The smallest absolute Gasteiger partial charge is 0.272 e. The van der Waals surface area contributed by atoms with Gasteiger partial charge in [0.05, 0.1) is 24.9 Å². The summed E-state index contributed by atoms with van der Waals surface area (Å²) in [6.45, 7) is 0. The molecule has 242 valence electrons. The van der Waals surface area contributed by atoms with Crippen LogP contribution in [0.5, 0.6) is 11.5 Å². The van der Waals surface area contributed by atoms with Gasteiger partial charge in [0.1, 0.15) is 22.4 Å². The second-order valence-electron chi connectivity index (χ2n) is 10.4. The first-order valence-corrected chi connectivity index (χ1v) is 16.1. The van der Waals surface area contributed by atoms with Gasteiger partial charge < -0.3 is 25.4 Å². The molecule has 1 atom stereocenters. The lowest BCUT2D eigenvalue weighted by molar-refractivity contribution is -0.116. The van der Waals surface area contributed by atoms with E-state index >= 15 is 0 Å². The largest absolute Gasteiger partial charge is 0.495 e. The average molecular weight is 678 g/mol. The molecular weight excluding hydrogens is 646 g/mol. The van der Waals surface area contributed by atoms with E-state index in [0.29, 0.717) is 33.5 Å². The molecule has 0 saturated heterocycles. The Morgan fingerprint density at radius 3 is 2.04 bits per heavy atom. The lowest BCUT2D eigenvalue weighted by Crippen LogP contribution is -2.30. The van der Waals surface area contributed by atoms with Gasteiger partial charge in [0, 0.05) is 22.2 Å². The zero-order valence-electron chi connectivity index (χ0n) is 26.1. The molecule has 0 aliphatic rings. The van der Waals surface area contributed by atoms with E-state index in [9.17, 15) is 14.4 Å². The molecule has 10 heteroatoms. The van der Waals surface area contributed by atoms with Crippen LogP contribution in [0.1, 0.15) is 26.7 Å². The molecule has 0 aromatic heterocycles. The van der Waals surface area contributed by atoms with Gasteiger partial charge in [-0.15, -0.1) is 11.8 Å². The van der Waals surface area contributed by atoms with Crippen molar-refractivity contribution < 1.29 is 23.9 Å². The molecule has 5 rings (SSSR count). The Bertz CT molecular complexity index is 1920. The van der Waals surface area contributed by atoms with Crippen LogP contribution < -0.4 is 25.4 Å². The molecule has 0 fully saturated rings. The quantitative estimate of drug-likeness (QED) is 0.0908. The number of methoxy groups -OCH3 is 2. The van der Waals surface area contributed by atoms with Gasteiger partial charge >= 0.3 is 0 Å². The maximum Gasteiger partial charge on any atom is 0.272 e. The minimum absolute atomic E-state index is 0.0711. The summed E-state index contributed by atoms with van der Waals surface area (Å²) >= 11 is 7.66. The third kappa shape index (κ3) is 8.85. The lowest BCUT2D eigenvalue weighted by Gasteiger charge is -2.19. The minimum Gasteiger partial charge on any atom is -0.495 e. The molecule has 0 radical (unpaired) electrons. The maximum absolute atomic E-state index is 13.8. The summed E-state index contributed by atoms with van der Waals surface area (Å²) in [6.07, 6.45) is 1.62. The number of amides is 3. The molecule has 1 unspecified atom stereocenters. The lowest BCUT2D eigenvalue weighted by atomic mass is 10.1. The van der Waals surface area contributed by atoms with Crippen LogP contribution in [0, 0.1) is 0 Å². The first-order chi connectivity index (χ1) is 23.3. The van der Waals surface area contributed by atoms with Crippen molar-refractivity contribution in [3.05, 3.63) is 155 Å². The molecule has 8 nitrogen and oxygen atoms in total. The molecule has 0 spiro atoms. The van der Waals surface area contributed by atoms with Crippen LogP contribution >= 0.6 is 23.4 Å². The molecule has 3 amide bonds. The minimum atomic E-state index is -0.679. The fourth-order valence-corrected chi connectivity index (χ4v) is 6.02. The monoisotopic (exact) mass is 677 g/mol. The Morgan fingerprint density at radius 1 is 0.729 bits per heavy atom. The van der Waals surface area contributed by atoms with Crippen molar-refractivity contribution in [3.8, 4) is 11.5 Å². The number of nitrogens with one attached hydrogen (secondary N) is 3. The molecule has 0 aliphatic heterocycles. The number of benzene rings is 5. The topological polar surface area (TPSA) is 106 Å². The first kappa shape index (κ1) is 33.8. The molecule has 0 aliphatic carbocycles. The second-order valence-corrected chi connectivity index (χ2v) is 11.9. The predicted molar refractivity (Wildman–Crippen MR) is 192 cm³/mol. The number of hydrogen-bond donors (Lipinski definition) is 3. The number of anilines is 2. The molecular formula is C38H32ClN3O5S. The van der Waals surface area contributed by atoms with E-state index in [2.05, 4.69) is 16.0 Å². The molecule has 0 bridgehead atoms. The molecule has 3 N–H and O–H groups in total. The standard InChI is InChI=1S/C38H32ClN3O5S/c1-46-33-24-34(47-2)31(23-30(33)39)41-38(45)35(26-15-8-4-9-16-26)48-29-20-12-19-28(22-29)40-37(44)32(21-25-13-6-3-7-14-25)42-36(43)27-17-10-5-11-18-27/h3-24,35H,1-2H3,(H,40,44)(H,41,45)(H,42,43)/b32-21-. The van der Waals surface area contributed by atoms with Crippen molar-refractivity contribution in [2.24, 2.45) is 0 Å². The van der Waals surface area contributed by atoms with Crippen LogP contribution in [0.15, 0.2) is 138 Å². The van der Waals surface area contributed by atoms with Gasteiger partial charge in [-0.2, -0.15) is 0 Å². The Kier molecular flexibility index (Phi) is 11.5. The number of rotatable bonds is 12. The summed E-state index contributed by atoms with van der Waals surface area (Å²) < 4.78 is 10.8. The van der Waals surface area contributed by atoms with E-state index in [0.717, 1.165) is 16.0 Å². The molecule has 0 heterocycles. The number of ether oxygens (including phenoxy) is 2. The van der Waals surface area contributed by atoms with Crippen molar-refractivity contribution in [3.63, 3.8) is 0 Å². The summed E-state index contributed by atoms with van der Waals surface area (Å²) in [6, 6.07) is 37.6. The highest BCUT2D eigenvalue weighted by Gasteiger charge is 2.24. The van der Waals surface area contributed by atoms with Gasteiger partial charge in [-0.05, 0) is 53.6 Å². The fourth-order valence-electron chi connectivity index (χ4n) is 4.70. The maximum atomic E-state index is 13.8. The Hall–Kier alpha value is -5.51. The average Bonchev–Trinajstić information content (AvgIpc) is 3.11. The van der Waals surface area contributed by atoms with Gasteiger partial charge in [0.2, 0.25) is 5.91 Å². The Morgan fingerprint density at radius 2 is 1.38 bits per heavy atom. The normalized spacial score (nSPS) is 11.6. The highest BCUT2D eigenvalue weighted by atomic mass is 35.5. The molecule has 48 heavy (non-hydrogen) atoms. The van der Waals surface area contributed by atoms with Crippen molar-refractivity contribution in [1.82, 2.24) is 5.32 Å². The molecule has 0 saturated carbocycles. The third-order valence-corrected chi connectivity index (χ3v) is 8.60. The summed E-state index contributed by atoms with van der Waals surface area (Å²) in [4.78, 5) is 41.1. The highest BCUT2D eigenvalue weighted by Crippen LogP contribution is 2.40. The van der Waals surface area contributed by atoms with Gasteiger partial charge in [-0.1, -0.05) is 96.5 Å². The van der Waals surface area contributed by atoms with Crippen LogP contribution in [0.3, 0.4) is 0 Å². The van der Waals surface area contributed by atoms with E-state index in [1.54, 1.807) is 60.7 Å². The number of carbonyl (C=O) groups excluding carboxylic acids is 3. The van der Waals surface area contributed by atoms with Gasteiger partial charge in [-0.3, -0.25) is 14.4 Å². The second kappa shape index (κ2) is 16.4. The number of halogens is 1. The zero-order chi connectivity index (χ0) is 33.9. The summed E-state index contributed by atoms with van der Waals surface area (Å²) in [5, 5.41) is 8.24. The predicted octanol–water partition coefficient (Wildman–Crippen LogP) is 8.24.